The summed E-state index contributed by atoms with van der Waals surface area (Å²) in [5.74, 6) is -4.91. The fourth-order valence-electron chi connectivity index (χ4n) is 3.38. The van der Waals surface area contributed by atoms with Crippen LogP contribution in [0, 0.1) is 0 Å². The van der Waals surface area contributed by atoms with Gasteiger partial charge in [0.05, 0.1) is 13.2 Å². The number of nitrogens with two attached hydrogens (primary N) is 2. The van der Waals surface area contributed by atoms with Crippen molar-refractivity contribution in [3.63, 3.8) is 0 Å². The van der Waals surface area contributed by atoms with Crippen molar-refractivity contribution in [2.75, 3.05) is 13.2 Å². The van der Waals surface area contributed by atoms with E-state index in [1.54, 1.807) is 18.3 Å². The van der Waals surface area contributed by atoms with E-state index >= 15 is 0 Å². The van der Waals surface area contributed by atoms with E-state index in [1.165, 1.54) is 0 Å². The molecule has 1 aromatic heterocycles. The molecular formula is C22H30N6O8. The zero-order valence-electron chi connectivity index (χ0n) is 19.3. The van der Waals surface area contributed by atoms with E-state index in [0.29, 0.717) is 5.56 Å². The molecule has 0 saturated heterocycles. The number of carbonyl (C=O) groups excluding carboxylic acids is 4. The molecule has 1 heterocycles. The number of rotatable bonds is 14. The molecule has 4 unspecified atom stereocenters. The third-order valence-corrected chi connectivity index (χ3v) is 5.37. The number of carboxylic acid groups (broad SMARTS) is 1. The lowest BCUT2D eigenvalue weighted by Gasteiger charge is -2.24. The van der Waals surface area contributed by atoms with Gasteiger partial charge in [0.25, 0.3) is 0 Å². The molecular weight excluding hydrogens is 476 g/mol. The molecule has 11 N–H and O–H groups in total. The highest BCUT2D eigenvalue weighted by Crippen LogP contribution is 2.19. The van der Waals surface area contributed by atoms with Crippen LogP contribution in [0.25, 0.3) is 10.9 Å². The van der Waals surface area contributed by atoms with Gasteiger partial charge in [-0.2, -0.15) is 0 Å². The average molecular weight is 507 g/mol. The molecule has 2 rings (SSSR count). The van der Waals surface area contributed by atoms with Crippen LogP contribution >= 0.6 is 0 Å². The molecule has 0 bridgehead atoms. The predicted molar refractivity (Wildman–Crippen MR) is 126 cm³/mol. The first-order valence-corrected chi connectivity index (χ1v) is 11.0. The highest BCUT2D eigenvalue weighted by Gasteiger charge is 2.30. The quantitative estimate of drug-likeness (QED) is 0.125. The monoisotopic (exact) mass is 506 g/mol. The van der Waals surface area contributed by atoms with E-state index in [2.05, 4.69) is 20.9 Å². The normalized spacial score (nSPS) is 14.3. The number of amides is 4. The largest absolute Gasteiger partial charge is 0.480 e. The Balaban J connectivity index is 2.10. The SMILES string of the molecule is NC(=O)CCC(NC(=O)C(N)CO)C(=O)NC(CO)C(=O)NC(Cc1c[nH]c2ccccc12)C(=O)O. The van der Waals surface area contributed by atoms with E-state index in [-0.39, 0.29) is 19.3 Å². The second kappa shape index (κ2) is 13.2. The number of nitrogens with one attached hydrogen (secondary N) is 4. The molecule has 0 spiro atoms. The van der Waals surface area contributed by atoms with Crippen molar-refractivity contribution in [2.45, 2.75) is 43.4 Å². The van der Waals surface area contributed by atoms with Gasteiger partial charge >= 0.3 is 5.97 Å². The number of aliphatic hydroxyl groups is 2. The van der Waals surface area contributed by atoms with E-state index in [1.807, 2.05) is 12.1 Å². The zero-order valence-corrected chi connectivity index (χ0v) is 19.3. The summed E-state index contributed by atoms with van der Waals surface area (Å²) in [6.45, 7) is -1.59. The van der Waals surface area contributed by atoms with Crippen molar-refractivity contribution in [1.29, 1.82) is 0 Å². The highest BCUT2D eigenvalue weighted by atomic mass is 16.4. The summed E-state index contributed by atoms with van der Waals surface area (Å²) < 4.78 is 0. The van der Waals surface area contributed by atoms with Crippen LogP contribution in [-0.4, -0.2) is 87.3 Å². The molecule has 0 saturated carbocycles. The number of aliphatic hydroxyl groups excluding tert-OH is 2. The van der Waals surface area contributed by atoms with Crippen LogP contribution in [0.1, 0.15) is 18.4 Å². The molecule has 1 aromatic carbocycles. The van der Waals surface area contributed by atoms with E-state index in [4.69, 9.17) is 16.6 Å². The predicted octanol–water partition coefficient (Wildman–Crippen LogP) is -3.17. The number of hydrogen-bond acceptors (Lipinski definition) is 8. The van der Waals surface area contributed by atoms with Crippen molar-refractivity contribution in [3.05, 3.63) is 36.0 Å². The second-order valence-corrected chi connectivity index (χ2v) is 8.06. The van der Waals surface area contributed by atoms with Crippen LogP contribution in [-0.2, 0) is 30.4 Å². The molecule has 0 aliphatic heterocycles. The summed E-state index contributed by atoms with van der Waals surface area (Å²) in [5, 5.41) is 35.8. The summed E-state index contributed by atoms with van der Waals surface area (Å²) in [6.07, 6.45) is 1.01. The lowest BCUT2D eigenvalue weighted by atomic mass is 10.0. The molecule has 14 nitrogen and oxygen atoms in total. The first-order valence-electron chi connectivity index (χ1n) is 11.0. The van der Waals surface area contributed by atoms with E-state index in [0.717, 1.165) is 10.9 Å². The number of aromatic nitrogens is 1. The topological polar surface area (TPSA) is 250 Å². The van der Waals surface area contributed by atoms with Gasteiger partial charge in [-0.15, -0.1) is 0 Å². The third kappa shape index (κ3) is 7.76. The summed E-state index contributed by atoms with van der Waals surface area (Å²) in [4.78, 5) is 63.4. The molecule has 0 aliphatic rings. The van der Waals surface area contributed by atoms with Gasteiger partial charge in [0, 0.05) is 29.9 Å². The number of hydrogen-bond donors (Lipinski definition) is 9. The van der Waals surface area contributed by atoms with E-state index in [9.17, 15) is 34.2 Å². The van der Waals surface area contributed by atoms with Crippen LogP contribution in [0.3, 0.4) is 0 Å². The number of benzene rings is 1. The number of fused-ring (bicyclic) bond motifs is 1. The van der Waals surface area contributed by atoms with Crippen LogP contribution in [0.5, 0.6) is 0 Å². The summed E-state index contributed by atoms with van der Waals surface area (Å²) in [7, 11) is 0. The van der Waals surface area contributed by atoms with Crippen LogP contribution in [0.4, 0.5) is 0 Å². The Morgan fingerprint density at radius 3 is 2.11 bits per heavy atom. The maximum atomic E-state index is 12.7. The minimum Gasteiger partial charge on any atom is -0.480 e. The Hall–Kier alpha value is -4.01. The van der Waals surface area contributed by atoms with Gasteiger partial charge in [0.15, 0.2) is 0 Å². The Bertz CT molecular complexity index is 1100. The van der Waals surface area contributed by atoms with Gasteiger partial charge in [-0.3, -0.25) is 19.2 Å². The van der Waals surface area contributed by atoms with E-state index < -0.39 is 67.0 Å². The van der Waals surface area contributed by atoms with Crippen LogP contribution in [0.15, 0.2) is 30.5 Å². The molecule has 0 radical (unpaired) electrons. The fourth-order valence-corrected chi connectivity index (χ4v) is 3.38. The standard InChI is InChI=1S/C22H30N6O8/c23-13(9-29)19(32)26-15(5-6-18(24)31)20(33)28-17(10-30)21(34)27-16(22(35)36)7-11-8-25-14-4-2-1-3-12(11)14/h1-4,8,13,15-17,25,29-30H,5-7,9-10,23H2,(H2,24,31)(H,26,32)(H,27,34)(H,28,33)(H,35,36). The molecule has 2 aromatic rings. The lowest BCUT2D eigenvalue weighted by molar-refractivity contribution is -0.142. The summed E-state index contributed by atoms with van der Waals surface area (Å²) in [6, 6.07) is 1.54. The van der Waals surface area contributed by atoms with Gasteiger partial charge in [-0.1, -0.05) is 18.2 Å². The van der Waals surface area contributed by atoms with Gasteiger partial charge in [-0.05, 0) is 18.1 Å². The number of H-pyrrole nitrogens is 1. The molecule has 0 aliphatic carbocycles. The minimum absolute atomic E-state index is 0.0759. The van der Waals surface area contributed by atoms with Crippen molar-refractivity contribution >= 4 is 40.5 Å². The Kier molecular flexibility index (Phi) is 10.3. The lowest BCUT2D eigenvalue weighted by Crippen LogP contribution is -2.58. The average Bonchev–Trinajstić information content (AvgIpc) is 3.26. The molecule has 0 fully saturated rings. The first kappa shape index (κ1) is 28.2. The van der Waals surface area contributed by atoms with Crippen molar-refractivity contribution < 1.29 is 39.3 Å². The maximum absolute atomic E-state index is 12.7. The zero-order chi connectivity index (χ0) is 26.8. The summed E-state index contributed by atoms with van der Waals surface area (Å²) in [5.41, 5.74) is 11.9. The number of primary amides is 1. The number of aliphatic carboxylic acids is 1. The smallest absolute Gasteiger partial charge is 0.326 e. The minimum atomic E-state index is -1.57. The first-order chi connectivity index (χ1) is 17.1. The Morgan fingerprint density at radius 2 is 1.50 bits per heavy atom. The van der Waals surface area contributed by atoms with Crippen LogP contribution < -0.4 is 27.4 Å². The van der Waals surface area contributed by atoms with Gasteiger partial charge < -0.3 is 47.7 Å². The second-order valence-electron chi connectivity index (χ2n) is 8.06. The Labute approximate surface area is 205 Å². The molecule has 14 heteroatoms. The number of carbonyl (C=O) groups is 5. The van der Waals surface area contributed by atoms with Crippen molar-refractivity contribution in [2.24, 2.45) is 11.5 Å². The maximum Gasteiger partial charge on any atom is 0.326 e. The van der Waals surface area contributed by atoms with Gasteiger partial charge in [-0.25, -0.2) is 4.79 Å². The third-order valence-electron chi connectivity index (χ3n) is 5.37. The van der Waals surface area contributed by atoms with Crippen molar-refractivity contribution in [1.82, 2.24) is 20.9 Å². The number of para-hydroxylation sites is 1. The number of aromatic amines is 1. The van der Waals surface area contributed by atoms with Gasteiger partial charge in [0.1, 0.15) is 24.2 Å². The molecule has 4 atom stereocenters. The number of carboxylic acids is 1. The summed E-state index contributed by atoms with van der Waals surface area (Å²) >= 11 is 0. The van der Waals surface area contributed by atoms with Crippen LogP contribution in [0.2, 0.25) is 0 Å². The highest BCUT2D eigenvalue weighted by molar-refractivity contribution is 5.94. The van der Waals surface area contributed by atoms with Gasteiger partial charge in [0.2, 0.25) is 23.6 Å². The fraction of sp³-hybridized carbons (Fsp3) is 0.409. The molecule has 36 heavy (non-hydrogen) atoms. The molecule has 196 valence electrons. The Morgan fingerprint density at radius 1 is 0.889 bits per heavy atom. The van der Waals surface area contributed by atoms with Crippen molar-refractivity contribution in [3.8, 4) is 0 Å². The molecule has 4 amide bonds.